The van der Waals surface area contributed by atoms with Gasteiger partial charge in [-0.2, -0.15) is 5.26 Å². The van der Waals surface area contributed by atoms with E-state index in [9.17, 15) is 10.1 Å². The summed E-state index contributed by atoms with van der Waals surface area (Å²) < 4.78 is 16.5. The molecule has 0 amide bonds. The van der Waals surface area contributed by atoms with E-state index in [4.69, 9.17) is 31.5 Å². The van der Waals surface area contributed by atoms with Gasteiger partial charge in [-0.25, -0.2) is 4.79 Å². The molecule has 1 unspecified atom stereocenters. The summed E-state index contributed by atoms with van der Waals surface area (Å²) in [5.41, 5.74) is 6.53. The van der Waals surface area contributed by atoms with E-state index in [2.05, 4.69) is 15.9 Å². The number of carbonyl (C=O) groups is 1. The van der Waals surface area contributed by atoms with Gasteiger partial charge in [0.25, 0.3) is 0 Å². The Hall–Kier alpha value is -2.17. The molecule has 8 heteroatoms. The van der Waals surface area contributed by atoms with E-state index in [-0.39, 0.29) is 29.4 Å². The minimum atomic E-state index is -0.863. The Bertz CT molecular complexity index is 827. The fourth-order valence-corrected chi connectivity index (χ4v) is 3.25. The molecule has 1 aromatic rings. The summed E-state index contributed by atoms with van der Waals surface area (Å²) in [4.78, 5) is 12.5. The van der Waals surface area contributed by atoms with Crippen molar-refractivity contribution in [1.82, 2.24) is 0 Å². The molecule has 0 aromatic heterocycles. The smallest absolute Gasteiger partial charge is 0.338 e. The summed E-state index contributed by atoms with van der Waals surface area (Å²) in [6.07, 6.45) is 0. The Morgan fingerprint density at radius 3 is 2.76 bits per heavy atom. The van der Waals surface area contributed by atoms with Crippen LogP contribution in [0.4, 0.5) is 0 Å². The Kier molecular flexibility index (Phi) is 5.98. The summed E-state index contributed by atoms with van der Waals surface area (Å²) in [5, 5.41) is 9.90. The van der Waals surface area contributed by atoms with E-state index in [0.29, 0.717) is 20.8 Å². The number of allylic oxidation sites excluding steroid dienone is 2. The number of esters is 1. The molecule has 0 bridgehead atoms. The van der Waals surface area contributed by atoms with Crippen LogP contribution >= 0.6 is 27.5 Å². The van der Waals surface area contributed by atoms with E-state index >= 15 is 0 Å². The molecule has 132 valence electrons. The predicted octanol–water partition coefficient (Wildman–Crippen LogP) is 3.76. The van der Waals surface area contributed by atoms with Gasteiger partial charge in [0.15, 0.2) is 0 Å². The van der Waals surface area contributed by atoms with E-state index in [1.54, 1.807) is 26.0 Å². The van der Waals surface area contributed by atoms with Crippen LogP contribution in [0.1, 0.15) is 25.3 Å². The number of nitriles is 1. The molecule has 0 fully saturated rings. The fourth-order valence-electron chi connectivity index (χ4n) is 2.64. The van der Waals surface area contributed by atoms with Gasteiger partial charge in [0.2, 0.25) is 5.88 Å². The molecule has 2 N–H and O–H groups in total. The van der Waals surface area contributed by atoms with Crippen LogP contribution in [-0.2, 0) is 14.3 Å². The van der Waals surface area contributed by atoms with E-state index in [0.717, 1.165) is 0 Å². The molecule has 6 nitrogen and oxygen atoms in total. The number of halogens is 2. The zero-order valence-corrected chi connectivity index (χ0v) is 16.2. The molecular formula is C17H16BrClN2O4. The van der Waals surface area contributed by atoms with Gasteiger partial charge in [-0.15, -0.1) is 0 Å². The van der Waals surface area contributed by atoms with Crippen LogP contribution in [0.5, 0.6) is 5.75 Å². The summed E-state index contributed by atoms with van der Waals surface area (Å²) in [6.45, 7) is 3.44. The first-order valence-electron chi connectivity index (χ1n) is 7.34. The summed E-state index contributed by atoms with van der Waals surface area (Å²) in [7, 11) is 1.47. The molecule has 0 aliphatic carbocycles. The molecule has 25 heavy (non-hydrogen) atoms. The highest BCUT2D eigenvalue weighted by molar-refractivity contribution is 9.10. The number of benzene rings is 1. The van der Waals surface area contributed by atoms with Gasteiger partial charge in [0, 0.05) is 10.0 Å². The third kappa shape index (κ3) is 3.46. The van der Waals surface area contributed by atoms with Crippen molar-refractivity contribution in [3.8, 4) is 11.8 Å². The van der Waals surface area contributed by atoms with Crippen molar-refractivity contribution >= 4 is 33.5 Å². The first kappa shape index (κ1) is 19.2. The van der Waals surface area contributed by atoms with Crippen LogP contribution in [0.15, 0.2) is 39.4 Å². The van der Waals surface area contributed by atoms with Crippen LogP contribution in [0.2, 0.25) is 5.02 Å². The Balaban J connectivity index is 2.81. The number of carbonyl (C=O) groups excluding carboxylic acids is 1. The highest BCUT2D eigenvalue weighted by atomic mass is 79.9. The second-order valence-electron chi connectivity index (χ2n) is 5.09. The van der Waals surface area contributed by atoms with Gasteiger partial charge in [-0.3, -0.25) is 0 Å². The van der Waals surface area contributed by atoms with Gasteiger partial charge < -0.3 is 19.9 Å². The standard InChI is InChI=1S/C17H16BrClN2O4/c1-4-24-17(22)12-8(2)25-16(21)9(7-20)13(12)14-11(23-3)6-5-10(18)15(14)19/h5-6,13H,4,21H2,1-3H3. The first-order chi connectivity index (χ1) is 11.9. The summed E-state index contributed by atoms with van der Waals surface area (Å²) in [5.74, 6) is -0.898. The number of hydrogen-bond donors (Lipinski definition) is 1. The second kappa shape index (κ2) is 7.81. The maximum absolute atomic E-state index is 12.5. The van der Waals surface area contributed by atoms with Gasteiger partial charge >= 0.3 is 5.97 Å². The number of nitrogens with two attached hydrogens (primary N) is 1. The van der Waals surface area contributed by atoms with E-state index < -0.39 is 11.9 Å². The van der Waals surface area contributed by atoms with Crippen molar-refractivity contribution in [2.24, 2.45) is 5.73 Å². The Labute approximate surface area is 158 Å². The van der Waals surface area contributed by atoms with Crippen molar-refractivity contribution in [3.05, 3.63) is 50.0 Å². The predicted molar refractivity (Wildman–Crippen MR) is 95.7 cm³/mol. The quantitative estimate of drug-likeness (QED) is 0.735. The largest absolute Gasteiger partial charge is 0.496 e. The molecule has 0 spiro atoms. The molecule has 1 aliphatic heterocycles. The molecule has 0 radical (unpaired) electrons. The molecule has 1 aromatic carbocycles. The molecule has 1 aliphatic rings. The van der Waals surface area contributed by atoms with Crippen molar-refractivity contribution in [2.45, 2.75) is 19.8 Å². The fraction of sp³-hybridized carbons (Fsp3) is 0.294. The zero-order valence-electron chi connectivity index (χ0n) is 13.9. The first-order valence-corrected chi connectivity index (χ1v) is 8.51. The van der Waals surface area contributed by atoms with Crippen molar-refractivity contribution in [2.75, 3.05) is 13.7 Å². The highest BCUT2D eigenvalue weighted by Gasteiger charge is 2.39. The second-order valence-corrected chi connectivity index (χ2v) is 6.32. The van der Waals surface area contributed by atoms with Gasteiger partial charge in [-0.1, -0.05) is 11.6 Å². The van der Waals surface area contributed by atoms with E-state index in [1.165, 1.54) is 7.11 Å². The van der Waals surface area contributed by atoms with E-state index in [1.807, 2.05) is 6.07 Å². The summed E-state index contributed by atoms with van der Waals surface area (Å²) in [6, 6.07) is 5.40. The van der Waals surface area contributed by atoms with Crippen molar-refractivity contribution in [1.29, 1.82) is 5.26 Å². The summed E-state index contributed by atoms with van der Waals surface area (Å²) >= 11 is 9.81. The van der Waals surface area contributed by atoms with Crippen molar-refractivity contribution < 1.29 is 19.0 Å². The average Bonchev–Trinajstić information content (AvgIpc) is 2.56. The van der Waals surface area contributed by atoms with Crippen LogP contribution in [0.3, 0.4) is 0 Å². The van der Waals surface area contributed by atoms with Crippen LogP contribution in [-0.4, -0.2) is 19.7 Å². The Morgan fingerprint density at radius 1 is 1.52 bits per heavy atom. The molecule has 2 rings (SSSR count). The van der Waals surface area contributed by atoms with Crippen LogP contribution < -0.4 is 10.5 Å². The maximum atomic E-state index is 12.5. The third-order valence-corrected chi connectivity index (χ3v) is 5.00. The average molecular weight is 428 g/mol. The minimum Gasteiger partial charge on any atom is -0.496 e. The van der Waals surface area contributed by atoms with Crippen LogP contribution in [0, 0.1) is 11.3 Å². The molecule has 0 saturated heterocycles. The minimum absolute atomic E-state index is 0.0620. The Morgan fingerprint density at radius 2 is 2.20 bits per heavy atom. The number of rotatable bonds is 4. The third-order valence-electron chi connectivity index (χ3n) is 3.70. The molecular weight excluding hydrogens is 412 g/mol. The van der Waals surface area contributed by atoms with Gasteiger partial charge in [-0.05, 0) is 41.9 Å². The lowest BCUT2D eigenvalue weighted by Crippen LogP contribution is -2.26. The SMILES string of the molecule is CCOC(=O)C1=C(C)OC(N)=C(C#N)C1c1c(OC)ccc(Br)c1Cl. The topological polar surface area (TPSA) is 94.6 Å². The molecule has 1 heterocycles. The zero-order chi connectivity index (χ0) is 18.7. The number of methoxy groups -OCH3 is 1. The highest BCUT2D eigenvalue weighted by Crippen LogP contribution is 2.47. The molecule has 0 saturated carbocycles. The maximum Gasteiger partial charge on any atom is 0.338 e. The van der Waals surface area contributed by atoms with Crippen molar-refractivity contribution in [3.63, 3.8) is 0 Å². The number of ether oxygens (including phenoxy) is 3. The monoisotopic (exact) mass is 426 g/mol. The lowest BCUT2D eigenvalue weighted by molar-refractivity contribution is -0.139. The number of nitrogens with zero attached hydrogens (tertiary/aromatic N) is 1. The van der Waals surface area contributed by atoms with Crippen LogP contribution in [0.25, 0.3) is 0 Å². The lowest BCUT2D eigenvalue weighted by Gasteiger charge is -2.28. The normalized spacial score (nSPS) is 17.0. The van der Waals surface area contributed by atoms with Gasteiger partial charge in [0.1, 0.15) is 23.2 Å². The molecule has 1 atom stereocenters. The van der Waals surface area contributed by atoms with Gasteiger partial charge in [0.05, 0.1) is 30.2 Å². The number of hydrogen-bond acceptors (Lipinski definition) is 6. The lowest BCUT2D eigenvalue weighted by atomic mass is 9.82.